The first-order valence-corrected chi connectivity index (χ1v) is 10.0. The van der Waals surface area contributed by atoms with E-state index in [-0.39, 0.29) is 18.5 Å². The van der Waals surface area contributed by atoms with Gasteiger partial charge in [0.1, 0.15) is 0 Å². The zero-order chi connectivity index (χ0) is 22.8. The minimum absolute atomic E-state index is 0.170. The van der Waals surface area contributed by atoms with E-state index >= 15 is 0 Å². The number of para-hydroxylation sites is 1. The van der Waals surface area contributed by atoms with Gasteiger partial charge in [0.05, 0.1) is 7.11 Å². The van der Waals surface area contributed by atoms with Gasteiger partial charge in [-0.05, 0) is 60.5 Å². The Balaban J connectivity index is 1.49. The van der Waals surface area contributed by atoms with E-state index in [9.17, 15) is 9.59 Å². The fraction of sp³-hybridized carbons (Fsp3) is 0.120. The molecule has 0 unspecified atom stereocenters. The molecule has 32 heavy (non-hydrogen) atoms. The number of rotatable bonds is 9. The van der Waals surface area contributed by atoms with Crippen molar-refractivity contribution in [3.8, 4) is 11.5 Å². The van der Waals surface area contributed by atoms with Crippen molar-refractivity contribution in [1.82, 2.24) is 0 Å². The summed E-state index contributed by atoms with van der Waals surface area (Å²) in [5, 5.41) is 8.23. The fourth-order valence-corrected chi connectivity index (χ4v) is 2.92. The van der Waals surface area contributed by atoms with Crippen molar-refractivity contribution in [2.75, 3.05) is 29.7 Å². The Labute approximate surface area is 187 Å². The van der Waals surface area contributed by atoms with Crippen LogP contribution in [0.2, 0.25) is 0 Å². The van der Waals surface area contributed by atoms with Gasteiger partial charge in [-0.25, -0.2) is 4.79 Å². The zero-order valence-electron chi connectivity index (χ0n) is 17.8. The molecule has 0 bridgehead atoms. The Kier molecular flexibility index (Phi) is 7.86. The summed E-state index contributed by atoms with van der Waals surface area (Å²) in [5.41, 5.74) is 2.92. The number of ether oxygens (including phenoxy) is 2. The molecule has 0 radical (unpaired) electrons. The Morgan fingerprint density at radius 1 is 0.844 bits per heavy atom. The standard InChI is InChI=1S/C25H25N3O4/c1-3-7-18-10-15-22(23(16-18)31-2)32-17-24(29)26-20-11-13-21(14-12-20)28-25(30)27-19-8-5-4-6-9-19/h3-6,8-16H,1,7,17H2,2H3,(H,26,29)(H2,27,28,30). The van der Waals surface area contributed by atoms with E-state index in [1.807, 2.05) is 30.3 Å². The number of allylic oxidation sites excluding steroid dienone is 1. The smallest absolute Gasteiger partial charge is 0.323 e. The highest BCUT2D eigenvalue weighted by Crippen LogP contribution is 2.28. The molecule has 7 nitrogen and oxygen atoms in total. The van der Waals surface area contributed by atoms with Crippen LogP contribution in [0.4, 0.5) is 21.9 Å². The van der Waals surface area contributed by atoms with E-state index in [1.165, 1.54) is 0 Å². The first kappa shape index (κ1) is 22.4. The van der Waals surface area contributed by atoms with E-state index < -0.39 is 0 Å². The molecule has 3 amide bonds. The maximum atomic E-state index is 12.3. The van der Waals surface area contributed by atoms with Gasteiger partial charge in [-0.15, -0.1) is 6.58 Å². The molecule has 0 aromatic heterocycles. The van der Waals surface area contributed by atoms with Crippen molar-refractivity contribution in [2.45, 2.75) is 6.42 Å². The SMILES string of the molecule is C=CCc1ccc(OCC(=O)Nc2ccc(NC(=O)Nc3ccccc3)cc2)c(OC)c1. The average Bonchev–Trinajstić information content (AvgIpc) is 2.80. The lowest BCUT2D eigenvalue weighted by Crippen LogP contribution is -2.21. The molecule has 0 spiro atoms. The Morgan fingerprint density at radius 3 is 2.09 bits per heavy atom. The van der Waals surface area contributed by atoms with Crippen LogP contribution >= 0.6 is 0 Å². The largest absolute Gasteiger partial charge is 0.493 e. The summed E-state index contributed by atoms with van der Waals surface area (Å²) in [4.78, 5) is 24.3. The number of benzene rings is 3. The molecule has 0 aliphatic rings. The summed E-state index contributed by atoms with van der Waals surface area (Å²) < 4.78 is 10.9. The number of carbonyl (C=O) groups excluding carboxylic acids is 2. The highest BCUT2D eigenvalue weighted by molar-refractivity contribution is 6.00. The summed E-state index contributed by atoms with van der Waals surface area (Å²) in [6, 6.07) is 21.1. The van der Waals surface area contributed by atoms with Crippen LogP contribution in [0.3, 0.4) is 0 Å². The first-order chi connectivity index (χ1) is 15.6. The minimum Gasteiger partial charge on any atom is -0.493 e. The lowest BCUT2D eigenvalue weighted by molar-refractivity contribution is -0.118. The topological polar surface area (TPSA) is 88.7 Å². The summed E-state index contributed by atoms with van der Waals surface area (Å²) in [6.07, 6.45) is 2.52. The van der Waals surface area contributed by atoms with Gasteiger partial charge in [-0.1, -0.05) is 30.3 Å². The van der Waals surface area contributed by atoms with E-state index in [0.29, 0.717) is 28.6 Å². The predicted octanol–water partition coefficient (Wildman–Crippen LogP) is 5.09. The lowest BCUT2D eigenvalue weighted by Gasteiger charge is -2.12. The van der Waals surface area contributed by atoms with Crippen LogP contribution in [0.5, 0.6) is 11.5 Å². The van der Waals surface area contributed by atoms with Crippen LogP contribution in [0.15, 0.2) is 85.5 Å². The van der Waals surface area contributed by atoms with Crippen molar-refractivity contribution in [2.24, 2.45) is 0 Å². The minimum atomic E-state index is -0.352. The zero-order valence-corrected chi connectivity index (χ0v) is 17.8. The van der Waals surface area contributed by atoms with Crippen molar-refractivity contribution >= 4 is 29.0 Å². The molecule has 164 valence electrons. The quantitative estimate of drug-likeness (QED) is 0.412. The van der Waals surface area contributed by atoms with Crippen molar-refractivity contribution in [3.63, 3.8) is 0 Å². The number of hydrogen-bond acceptors (Lipinski definition) is 4. The number of methoxy groups -OCH3 is 1. The van der Waals surface area contributed by atoms with Crippen LogP contribution < -0.4 is 25.4 Å². The third kappa shape index (κ3) is 6.63. The number of nitrogens with one attached hydrogen (secondary N) is 3. The highest BCUT2D eigenvalue weighted by Gasteiger charge is 2.09. The molecule has 0 atom stereocenters. The maximum absolute atomic E-state index is 12.3. The van der Waals surface area contributed by atoms with Gasteiger partial charge in [0.2, 0.25) is 0 Å². The average molecular weight is 431 g/mol. The molecule has 3 rings (SSSR count). The molecular weight excluding hydrogens is 406 g/mol. The number of carbonyl (C=O) groups is 2. The molecule has 0 fully saturated rings. The summed E-state index contributed by atoms with van der Waals surface area (Å²) in [7, 11) is 1.55. The van der Waals surface area contributed by atoms with Gasteiger partial charge >= 0.3 is 6.03 Å². The molecule has 0 heterocycles. The summed E-state index contributed by atoms with van der Waals surface area (Å²) >= 11 is 0. The van der Waals surface area contributed by atoms with E-state index in [1.54, 1.807) is 55.7 Å². The van der Waals surface area contributed by atoms with Gasteiger partial charge in [0, 0.05) is 17.1 Å². The molecular formula is C25H25N3O4. The van der Waals surface area contributed by atoms with Gasteiger partial charge < -0.3 is 25.4 Å². The van der Waals surface area contributed by atoms with Crippen LogP contribution in [-0.4, -0.2) is 25.7 Å². The summed E-state index contributed by atoms with van der Waals surface area (Å²) in [6.45, 7) is 3.55. The second kappa shape index (κ2) is 11.2. The van der Waals surface area contributed by atoms with Gasteiger partial charge in [-0.3, -0.25) is 4.79 Å². The molecule has 0 saturated carbocycles. The van der Waals surface area contributed by atoms with Crippen molar-refractivity contribution < 1.29 is 19.1 Å². The Hall–Kier alpha value is -4.26. The number of anilines is 3. The molecule has 7 heteroatoms. The molecule has 0 saturated heterocycles. The number of amides is 3. The van der Waals surface area contributed by atoms with Crippen LogP contribution in [0.1, 0.15) is 5.56 Å². The van der Waals surface area contributed by atoms with Crippen molar-refractivity contribution in [3.05, 3.63) is 91.0 Å². The predicted molar refractivity (Wildman–Crippen MR) is 127 cm³/mol. The third-order valence-electron chi connectivity index (χ3n) is 4.43. The monoisotopic (exact) mass is 431 g/mol. The van der Waals surface area contributed by atoms with Gasteiger partial charge in [-0.2, -0.15) is 0 Å². The van der Waals surface area contributed by atoms with E-state index in [0.717, 1.165) is 12.0 Å². The van der Waals surface area contributed by atoms with Gasteiger partial charge in [0.25, 0.3) is 5.91 Å². The highest BCUT2D eigenvalue weighted by atomic mass is 16.5. The maximum Gasteiger partial charge on any atom is 0.323 e. The molecule has 0 aliphatic heterocycles. The second-order valence-electron chi connectivity index (χ2n) is 6.84. The van der Waals surface area contributed by atoms with Crippen LogP contribution in [0.25, 0.3) is 0 Å². The Morgan fingerprint density at radius 2 is 1.47 bits per heavy atom. The Bertz CT molecular complexity index is 1070. The molecule has 3 aromatic carbocycles. The normalized spacial score (nSPS) is 10.0. The second-order valence-corrected chi connectivity index (χ2v) is 6.84. The number of urea groups is 1. The van der Waals surface area contributed by atoms with Crippen LogP contribution in [0, 0.1) is 0 Å². The van der Waals surface area contributed by atoms with E-state index in [2.05, 4.69) is 22.5 Å². The van der Waals surface area contributed by atoms with Crippen LogP contribution in [-0.2, 0) is 11.2 Å². The van der Waals surface area contributed by atoms with Gasteiger partial charge in [0.15, 0.2) is 18.1 Å². The molecule has 3 aromatic rings. The molecule has 0 aliphatic carbocycles. The van der Waals surface area contributed by atoms with E-state index in [4.69, 9.17) is 9.47 Å². The first-order valence-electron chi connectivity index (χ1n) is 10.0. The lowest BCUT2D eigenvalue weighted by atomic mass is 10.1. The summed E-state index contributed by atoms with van der Waals surface area (Å²) in [5.74, 6) is 0.727. The molecule has 3 N–H and O–H groups in total. The van der Waals surface area contributed by atoms with Crippen molar-refractivity contribution in [1.29, 1.82) is 0 Å². The number of hydrogen-bond donors (Lipinski definition) is 3. The fourth-order valence-electron chi connectivity index (χ4n) is 2.92. The third-order valence-corrected chi connectivity index (χ3v) is 4.43.